The zero-order valence-corrected chi connectivity index (χ0v) is 20.0. The number of rotatable bonds is 8. The van der Waals surface area contributed by atoms with E-state index in [-0.39, 0.29) is 6.61 Å². The zero-order valence-electron chi connectivity index (χ0n) is 19.2. The van der Waals surface area contributed by atoms with Crippen LogP contribution in [0.25, 0.3) is 0 Å². The Morgan fingerprint density at radius 2 is 1.85 bits per heavy atom. The molecule has 0 heterocycles. The third kappa shape index (κ3) is 8.16. The first-order chi connectivity index (χ1) is 15.7. The first kappa shape index (κ1) is 26.9. The maximum Gasteiger partial charge on any atom is 0.416 e. The number of alkyl halides is 3. The summed E-state index contributed by atoms with van der Waals surface area (Å²) < 4.78 is 46.5. The first-order valence-electron chi connectivity index (χ1n) is 11.0. The summed E-state index contributed by atoms with van der Waals surface area (Å²) in [6.07, 6.45) is 0.159. The molecule has 3 rings (SSSR count). The second kappa shape index (κ2) is 12.7. The molecule has 0 spiro atoms. The summed E-state index contributed by atoms with van der Waals surface area (Å²) in [6.45, 7) is 4.96. The summed E-state index contributed by atoms with van der Waals surface area (Å²) in [5.41, 5.74) is 2.51. The Morgan fingerprint density at radius 3 is 2.45 bits per heavy atom. The number of nitrogens with one attached hydrogen (secondary N) is 1. The lowest BCUT2D eigenvalue weighted by Gasteiger charge is -2.23. The van der Waals surface area contributed by atoms with Gasteiger partial charge < -0.3 is 14.7 Å². The lowest BCUT2D eigenvalue weighted by atomic mass is 9.91. The fourth-order valence-electron chi connectivity index (χ4n) is 3.72. The van der Waals surface area contributed by atoms with Gasteiger partial charge in [-0.3, -0.25) is 4.72 Å². The monoisotopic (exact) mass is 484 g/mol. The fourth-order valence-corrected chi connectivity index (χ4v) is 4.32. The fraction of sp³-hybridized carbons (Fsp3) is 0.458. The van der Waals surface area contributed by atoms with Crippen LogP contribution in [0.2, 0.25) is 0 Å². The van der Waals surface area contributed by atoms with Crippen LogP contribution < -0.4 is 14.4 Å². The van der Waals surface area contributed by atoms with Gasteiger partial charge in [-0.1, -0.05) is 12.1 Å². The molecule has 33 heavy (non-hydrogen) atoms. The van der Waals surface area contributed by atoms with Gasteiger partial charge in [0.05, 0.1) is 5.56 Å². The highest BCUT2D eigenvalue weighted by Crippen LogP contribution is 2.35. The summed E-state index contributed by atoms with van der Waals surface area (Å²) in [5, 5.41) is 8.55. The molecule has 2 N–H and O–H groups in total. The van der Waals surface area contributed by atoms with Crippen molar-refractivity contribution in [1.82, 2.24) is 4.72 Å². The molecule has 0 bridgehead atoms. The topological polar surface area (TPSA) is 61.8 Å². The number of fused-ring (bicyclic) bond motifs is 1. The summed E-state index contributed by atoms with van der Waals surface area (Å²) in [4.78, 5) is 12.9. The Bertz CT molecular complexity index is 918. The van der Waals surface area contributed by atoms with Gasteiger partial charge in [-0.25, -0.2) is 4.79 Å². The van der Waals surface area contributed by atoms with Gasteiger partial charge in [0.25, 0.3) is 0 Å². The van der Waals surface area contributed by atoms with E-state index in [9.17, 15) is 18.0 Å². The van der Waals surface area contributed by atoms with Gasteiger partial charge in [0.1, 0.15) is 5.75 Å². The second-order valence-electron chi connectivity index (χ2n) is 7.48. The van der Waals surface area contributed by atoms with Crippen molar-refractivity contribution in [3.63, 3.8) is 0 Å². The Morgan fingerprint density at radius 1 is 1.15 bits per heavy atom. The maximum atomic E-state index is 12.8. The molecule has 0 saturated carbocycles. The number of hydrogen-bond donors (Lipinski definition) is 2. The van der Waals surface area contributed by atoms with E-state index in [0.29, 0.717) is 23.7 Å². The summed E-state index contributed by atoms with van der Waals surface area (Å²) in [5.74, 6) is -0.182. The van der Waals surface area contributed by atoms with E-state index in [1.807, 2.05) is 30.9 Å². The van der Waals surface area contributed by atoms with Crippen LogP contribution in [0.3, 0.4) is 0 Å². The normalized spacial score (nSPS) is 12.9. The minimum Gasteiger partial charge on any atom is -0.482 e. The van der Waals surface area contributed by atoms with Gasteiger partial charge in [0.2, 0.25) is 0 Å². The van der Waals surface area contributed by atoms with Gasteiger partial charge in [-0.05, 0) is 93.9 Å². The third-order valence-electron chi connectivity index (χ3n) is 5.27. The van der Waals surface area contributed by atoms with Crippen molar-refractivity contribution in [2.45, 2.75) is 50.6 Å². The summed E-state index contributed by atoms with van der Waals surface area (Å²) >= 11 is 1.18. The number of benzene rings is 2. The quantitative estimate of drug-likeness (QED) is 0.462. The minimum absolute atomic E-state index is 0.254. The number of aliphatic carboxylic acids is 1. The van der Waals surface area contributed by atoms with Gasteiger partial charge in [-0.15, -0.1) is 0 Å². The molecule has 0 fully saturated rings. The van der Waals surface area contributed by atoms with Crippen LogP contribution >= 0.6 is 11.9 Å². The summed E-state index contributed by atoms with van der Waals surface area (Å²) in [6, 6.07) is 10.0. The predicted octanol–water partition coefficient (Wildman–Crippen LogP) is 5.81. The lowest BCUT2D eigenvalue weighted by Crippen LogP contribution is -2.22. The van der Waals surface area contributed by atoms with E-state index in [1.165, 1.54) is 42.0 Å². The Balaban J connectivity index is 0.000000237. The molecule has 5 nitrogen and oxygen atoms in total. The van der Waals surface area contributed by atoms with Crippen LogP contribution in [0.4, 0.5) is 18.9 Å². The van der Waals surface area contributed by atoms with Crippen molar-refractivity contribution in [2.24, 2.45) is 0 Å². The molecule has 0 amide bonds. The molecule has 2 aromatic rings. The molecule has 2 aromatic carbocycles. The number of hydrogen-bond acceptors (Lipinski definition) is 5. The molecule has 182 valence electrons. The predicted molar refractivity (Wildman–Crippen MR) is 126 cm³/mol. The highest BCUT2D eigenvalue weighted by Gasteiger charge is 2.31. The van der Waals surface area contributed by atoms with Crippen LogP contribution in [0.5, 0.6) is 5.75 Å². The highest BCUT2D eigenvalue weighted by atomic mass is 32.2. The van der Waals surface area contributed by atoms with E-state index in [4.69, 9.17) is 9.84 Å². The second-order valence-corrected chi connectivity index (χ2v) is 8.56. The van der Waals surface area contributed by atoms with Gasteiger partial charge >= 0.3 is 12.1 Å². The third-order valence-corrected chi connectivity index (χ3v) is 5.95. The van der Waals surface area contributed by atoms with Crippen molar-refractivity contribution < 1.29 is 27.8 Å². The van der Waals surface area contributed by atoms with Crippen molar-refractivity contribution in [3.05, 3.63) is 53.1 Å². The molecule has 0 unspecified atom stereocenters. The van der Waals surface area contributed by atoms with Crippen LogP contribution in [0, 0.1) is 0 Å². The van der Waals surface area contributed by atoms with Crippen LogP contribution in [0.15, 0.2) is 41.3 Å². The molecule has 1 aliphatic rings. The number of ether oxygens (including phenoxy) is 1. The van der Waals surface area contributed by atoms with Crippen molar-refractivity contribution in [1.29, 1.82) is 0 Å². The number of carbonyl (C=O) groups is 1. The minimum atomic E-state index is -4.31. The van der Waals surface area contributed by atoms with E-state index < -0.39 is 17.7 Å². The standard InChI is InChI=1S/C12H17F3N2S.C12H14O3/c1-4-17(5-2)10-6-9(12(13,14)15)7-11(8-10)18-16-3;13-12(14)8-15-11-7-3-5-9-4-1-2-6-10(9)11/h6-8,16H,4-5H2,1-3H3;3,5,7H,1-2,4,6,8H2,(H,13,14). The largest absolute Gasteiger partial charge is 0.482 e. The van der Waals surface area contributed by atoms with Crippen molar-refractivity contribution >= 4 is 23.6 Å². The number of aryl methyl sites for hydroxylation is 1. The average molecular weight is 485 g/mol. The number of carboxylic acids is 1. The van der Waals surface area contributed by atoms with Crippen LogP contribution in [0.1, 0.15) is 43.4 Å². The van der Waals surface area contributed by atoms with Crippen molar-refractivity contribution in [2.75, 3.05) is 31.6 Å². The van der Waals surface area contributed by atoms with Gasteiger partial charge in [-0.2, -0.15) is 13.2 Å². The Hall–Kier alpha value is -2.39. The molecular formula is C24H31F3N2O3S. The van der Waals surface area contributed by atoms with Crippen LogP contribution in [-0.2, 0) is 23.8 Å². The molecule has 0 saturated heterocycles. The molecule has 0 radical (unpaired) electrons. The molecule has 0 aromatic heterocycles. The highest BCUT2D eigenvalue weighted by molar-refractivity contribution is 7.97. The smallest absolute Gasteiger partial charge is 0.416 e. The molecule has 0 aliphatic heterocycles. The Labute approximate surface area is 197 Å². The van der Waals surface area contributed by atoms with E-state index in [2.05, 4.69) is 10.8 Å². The van der Waals surface area contributed by atoms with Crippen LogP contribution in [-0.4, -0.2) is 37.8 Å². The number of nitrogens with zero attached hydrogens (tertiary/aromatic N) is 1. The average Bonchev–Trinajstić information content (AvgIpc) is 2.78. The molecular weight excluding hydrogens is 453 g/mol. The zero-order chi connectivity index (χ0) is 24.4. The Kier molecular flexibility index (Phi) is 10.4. The number of halogens is 3. The van der Waals surface area contributed by atoms with Crippen molar-refractivity contribution in [3.8, 4) is 5.75 Å². The lowest BCUT2D eigenvalue weighted by molar-refractivity contribution is -0.139. The first-order valence-corrected chi connectivity index (χ1v) is 11.8. The number of anilines is 1. The van der Waals surface area contributed by atoms with Gasteiger partial charge in [0.15, 0.2) is 6.61 Å². The van der Waals surface area contributed by atoms with E-state index in [1.54, 1.807) is 13.1 Å². The molecule has 9 heteroatoms. The van der Waals surface area contributed by atoms with E-state index >= 15 is 0 Å². The number of carboxylic acid groups (broad SMARTS) is 1. The maximum absolute atomic E-state index is 12.8. The summed E-state index contributed by atoms with van der Waals surface area (Å²) in [7, 11) is 1.68. The molecule has 1 aliphatic carbocycles. The molecule has 0 atom stereocenters. The van der Waals surface area contributed by atoms with Gasteiger partial charge in [0, 0.05) is 23.7 Å². The van der Waals surface area contributed by atoms with E-state index in [0.717, 1.165) is 24.7 Å². The SMILES string of the molecule is CCN(CC)c1cc(SNC)cc(C(F)(F)F)c1.O=C(O)COc1cccc2c1CCCC2.